The molecule has 0 aromatic heterocycles. The van der Waals surface area contributed by atoms with Gasteiger partial charge in [-0.3, -0.25) is 0 Å². The fraction of sp³-hybridized carbons (Fsp3) is 0.591. The summed E-state index contributed by atoms with van der Waals surface area (Å²) in [7, 11) is 0. The van der Waals surface area contributed by atoms with Crippen LogP contribution in [0.2, 0.25) is 0 Å². The molecule has 23 heavy (non-hydrogen) atoms. The summed E-state index contributed by atoms with van der Waals surface area (Å²) in [6.07, 6.45) is 16.7. The molecule has 2 rings (SSSR count). The molecule has 1 saturated carbocycles. The molecular formula is C22H31N. The second kappa shape index (κ2) is 10.3. The third-order valence-corrected chi connectivity index (χ3v) is 5.27. The van der Waals surface area contributed by atoms with Crippen molar-refractivity contribution in [3.05, 3.63) is 47.5 Å². The lowest BCUT2D eigenvalue weighted by atomic mass is 9.79. The van der Waals surface area contributed by atoms with Gasteiger partial charge in [0.15, 0.2) is 0 Å². The van der Waals surface area contributed by atoms with Crippen LogP contribution >= 0.6 is 0 Å². The van der Waals surface area contributed by atoms with Crippen molar-refractivity contribution < 1.29 is 0 Å². The molecule has 1 heteroatoms. The van der Waals surface area contributed by atoms with Gasteiger partial charge in [0.1, 0.15) is 0 Å². The maximum Gasteiger partial charge on any atom is 0.0908 e. The van der Waals surface area contributed by atoms with Crippen LogP contribution in [0, 0.1) is 23.2 Å². The molecule has 124 valence electrons. The fourth-order valence-corrected chi connectivity index (χ4v) is 3.67. The molecule has 1 aliphatic carbocycles. The second-order valence-electron chi connectivity index (χ2n) is 7.08. The first-order valence-corrected chi connectivity index (χ1v) is 9.46. The van der Waals surface area contributed by atoms with Crippen molar-refractivity contribution in [1.29, 1.82) is 5.26 Å². The maximum absolute atomic E-state index is 8.60. The third kappa shape index (κ3) is 6.61. The van der Waals surface area contributed by atoms with Gasteiger partial charge >= 0.3 is 0 Å². The lowest BCUT2D eigenvalue weighted by Crippen LogP contribution is -2.13. The van der Waals surface area contributed by atoms with E-state index in [0.29, 0.717) is 5.92 Å². The van der Waals surface area contributed by atoms with Crippen LogP contribution in [0.1, 0.15) is 69.4 Å². The zero-order valence-corrected chi connectivity index (χ0v) is 14.6. The summed E-state index contributed by atoms with van der Waals surface area (Å²) in [6, 6.07) is 11.4. The summed E-state index contributed by atoms with van der Waals surface area (Å²) in [5.41, 5.74) is 2.99. The van der Waals surface area contributed by atoms with Crippen LogP contribution in [0.5, 0.6) is 0 Å². The van der Waals surface area contributed by atoms with Gasteiger partial charge in [0.2, 0.25) is 0 Å². The number of hydrogen-bond acceptors (Lipinski definition) is 1. The molecule has 0 amide bonds. The topological polar surface area (TPSA) is 23.8 Å². The Morgan fingerprint density at radius 2 is 1.65 bits per heavy atom. The van der Waals surface area contributed by atoms with E-state index in [9.17, 15) is 0 Å². The van der Waals surface area contributed by atoms with E-state index < -0.39 is 0 Å². The van der Waals surface area contributed by atoms with Gasteiger partial charge in [-0.15, -0.1) is 0 Å². The number of nitrogens with zero attached hydrogens (tertiary/aromatic N) is 1. The molecule has 0 spiro atoms. The van der Waals surface area contributed by atoms with Gasteiger partial charge < -0.3 is 0 Å². The second-order valence-corrected chi connectivity index (χ2v) is 7.08. The SMILES string of the molecule is CCCCCc1ccc(CCC2CCC(C=CC#N)CC2)cc1. The molecule has 0 radical (unpaired) electrons. The summed E-state index contributed by atoms with van der Waals surface area (Å²) in [4.78, 5) is 0. The number of benzene rings is 1. The zero-order valence-electron chi connectivity index (χ0n) is 14.6. The quantitative estimate of drug-likeness (QED) is 0.412. The van der Waals surface area contributed by atoms with Crippen molar-refractivity contribution in [2.45, 2.75) is 71.1 Å². The minimum atomic E-state index is 0.647. The minimum absolute atomic E-state index is 0.647. The molecule has 0 saturated heterocycles. The smallest absolute Gasteiger partial charge is 0.0908 e. The highest BCUT2D eigenvalue weighted by molar-refractivity contribution is 5.22. The van der Waals surface area contributed by atoms with Gasteiger partial charge in [-0.2, -0.15) is 5.26 Å². The fourth-order valence-electron chi connectivity index (χ4n) is 3.67. The highest BCUT2D eigenvalue weighted by Gasteiger charge is 2.19. The van der Waals surface area contributed by atoms with Gasteiger partial charge in [0.05, 0.1) is 6.07 Å². The number of unbranched alkanes of at least 4 members (excludes halogenated alkanes) is 2. The molecule has 1 fully saturated rings. The standard InChI is InChI=1S/C22H31N/c1-2-3-4-6-19-8-12-21(13-9-19)16-17-22-14-10-20(11-15-22)7-5-18-23/h5,7-9,12-13,20,22H,2-4,6,10-11,14-17H2,1H3. The molecule has 1 aliphatic rings. The van der Waals surface area contributed by atoms with Gasteiger partial charge in [0, 0.05) is 6.08 Å². The third-order valence-electron chi connectivity index (χ3n) is 5.27. The molecule has 0 unspecified atom stereocenters. The van der Waals surface area contributed by atoms with E-state index in [1.807, 2.05) is 0 Å². The van der Waals surface area contributed by atoms with E-state index in [4.69, 9.17) is 5.26 Å². The first kappa shape index (κ1) is 17.8. The molecular weight excluding hydrogens is 278 g/mol. The van der Waals surface area contributed by atoms with Crippen LogP contribution in [0.4, 0.5) is 0 Å². The van der Waals surface area contributed by atoms with E-state index in [1.165, 1.54) is 75.3 Å². The summed E-state index contributed by atoms with van der Waals surface area (Å²) in [5.74, 6) is 1.53. The molecule has 0 atom stereocenters. The Kier molecular flexibility index (Phi) is 7.95. The summed E-state index contributed by atoms with van der Waals surface area (Å²) < 4.78 is 0. The Balaban J connectivity index is 1.68. The van der Waals surface area contributed by atoms with E-state index in [1.54, 1.807) is 6.08 Å². The van der Waals surface area contributed by atoms with E-state index in [2.05, 4.69) is 43.3 Å². The van der Waals surface area contributed by atoms with E-state index >= 15 is 0 Å². The summed E-state index contributed by atoms with van der Waals surface area (Å²) >= 11 is 0. The first-order chi connectivity index (χ1) is 11.3. The molecule has 1 aromatic rings. The largest absolute Gasteiger partial charge is 0.193 e. The van der Waals surface area contributed by atoms with Crippen LogP contribution < -0.4 is 0 Å². The molecule has 0 bridgehead atoms. The Morgan fingerprint density at radius 1 is 1.00 bits per heavy atom. The summed E-state index contributed by atoms with van der Waals surface area (Å²) in [5, 5.41) is 8.60. The van der Waals surface area contributed by atoms with Crippen molar-refractivity contribution in [2.24, 2.45) is 11.8 Å². The normalized spacial score (nSPS) is 21.4. The zero-order chi connectivity index (χ0) is 16.3. The predicted octanol–water partition coefficient (Wildman–Crippen LogP) is 6.24. The molecule has 1 nitrogen and oxygen atoms in total. The van der Waals surface area contributed by atoms with Crippen LogP contribution in [-0.2, 0) is 12.8 Å². The van der Waals surface area contributed by atoms with Crippen molar-refractivity contribution in [1.82, 2.24) is 0 Å². The predicted molar refractivity (Wildman–Crippen MR) is 98.2 cm³/mol. The average Bonchev–Trinajstić information content (AvgIpc) is 2.60. The number of allylic oxidation sites excluding steroid dienone is 2. The van der Waals surface area contributed by atoms with Crippen LogP contribution in [0.15, 0.2) is 36.4 Å². The van der Waals surface area contributed by atoms with Gasteiger partial charge in [-0.25, -0.2) is 0 Å². The Morgan fingerprint density at radius 3 is 2.26 bits per heavy atom. The van der Waals surface area contributed by atoms with E-state index in [-0.39, 0.29) is 0 Å². The van der Waals surface area contributed by atoms with Gasteiger partial charge in [-0.05, 0) is 74.3 Å². The molecule has 0 aliphatic heterocycles. The Hall–Kier alpha value is -1.55. The van der Waals surface area contributed by atoms with Crippen molar-refractivity contribution in [2.75, 3.05) is 0 Å². The molecule has 0 N–H and O–H groups in total. The highest BCUT2D eigenvalue weighted by Crippen LogP contribution is 2.32. The number of nitriles is 1. The van der Waals surface area contributed by atoms with Gasteiger partial charge in [0.25, 0.3) is 0 Å². The first-order valence-electron chi connectivity index (χ1n) is 9.46. The lowest BCUT2D eigenvalue weighted by Gasteiger charge is -2.26. The lowest BCUT2D eigenvalue weighted by molar-refractivity contribution is 0.296. The average molecular weight is 309 g/mol. The highest BCUT2D eigenvalue weighted by atomic mass is 14.3. The number of aryl methyl sites for hydroxylation is 2. The number of hydrogen-bond donors (Lipinski definition) is 0. The van der Waals surface area contributed by atoms with Crippen LogP contribution in [-0.4, -0.2) is 0 Å². The van der Waals surface area contributed by atoms with Gasteiger partial charge in [-0.1, -0.05) is 50.1 Å². The van der Waals surface area contributed by atoms with Crippen molar-refractivity contribution in [3.8, 4) is 6.07 Å². The van der Waals surface area contributed by atoms with Crippen LogP contribution in [0.3, 0.4) is 0 Å². The van der Waals surface area contributed by atoms with E-state index in [0.717, 1.165) is 5.92 Å². The Labute approximate surface area is 142 Å². The monoisotopic (exact) mass is 309 g/mol. The molecule has 0 heterocycles. The van der Waals surface area contributed by atoms with Crippen LogP contribution in [0.25, 0.3) is 0 Å². The van der Waals surface area contributed by atoms with Crippen molar-refractivity contribution >= 4 is 0 Å². The maximum atomic E-state index is 8.60. The summed E-state index contributed by atoms with van der Waals surface area (Å²) in [6.45, 7) is 2.26. The minimum Gasteiger partial charge on any atom is -0.193 e. The Bertz CT molecular complexity index is 498. The number of rotatable bonds is 8. The molecule has 1 aromatic carbocycles. The van der Waals surface area contributed by atoms with Crippen molar-refractivity contribution in [3.63, 3.8) is 0 Å².